The first-order valence-electron chi connectivity index (χ1n) is 8.24. The fourth-order valence-electron chi connectivity index (χ4n) is 2.75. The van der Waals surface area contributed by atoms with Gasteiger partial charge in [0.1, 0.15) is 11.8 Å². The van der Waals surface area contributed by atoms with E-state index in [0.717, 1.165) is 22.7 Å². The average Bonchev–Trinajstić information content (AvgIpc) is 3.14. The van der Waals surface area contributed by atoms with Crippen molar-refractivity contribution in [1.29, 1.82) is 5.26 Å². The molecule has 3 rings (SSSR count). The number of hydrogen-bond acceptors (Lipinski definition) is 8. The summed E-state index contributed by atoms with van der Waals surface area (Å²) in [7, 11) is 3.59. The summed E-state index contributed by atoms with van der Waals surface area (Å²) < 4.78 is 7.14. The average molecular weight is 364 g/mol. The Kier molecular flexibility index (Phi) is 4.64. The molecule has 138 valence electrons. The third-order valence-electron chi connectivity index (χ3n) is 4.02. The SMILES string of the molecule is Cc1cc(-n2c(C)cc(/C=C(/C#N)c3nc(N)nc(N(C)C)n3)c2C)no1. The third kappa shape index (κ3) is 3.50. The van der Waals surface area contributed by atoms with Gasteiger partial charge in [-0.25, -0.2) is 0 Å². The zero-order valence-corrected chi connectivity index (χ0v) is 15.8. The first-order chi connectivity index (χ1) is 12.8. The van der Waals surface area contributed by atoms with Gasteiger partial charge >= 0.3 is 0 Å². The number of nitrogens with zero attached hydrogens (tertiary/aromatic N) is 7. The van der Waals surface area contributed by atoms with E-state index in [4.69, 9.17) is 10.3 Å². The van der Waals surface area contributed by atoms with E-state index < -0.39 is 0 Å². The highest BCUT2D eigenvalue weighted by atomic mass is 16.5. The standard InChI is InChI=1S/C18H20N8O/c1-10-6-13(12(3)26(10)15-7-11(2)27-24-15)8-14(9-19)16-21-17(20)23-18(22-16)25(4)5/h6-8H,1-5H3,(H2,20,21,22,23)/b14-8-. The second-order valence-corrected chi connectivity index (χ2v) is 6.34. The fraction of sp³-hybridized carbons (Fsp3) is 0.278. The molecule has 3 aromatic heterocycles. The van der Waals surface area contributed by atoms with Gasteiger partial charge in [0.05, 0.1) is 5.57 Å². The van der Waals surface area contributed by atoms with Crippen LogP contribution in [-0.4, -0.2) is 38.8 Å². The molecule has 3 heterocycles. The molecule has 0 aromatic carbocycles. The van der Waals surface area contributed by atoms with Gasteiger partial charge in [-0.05, 0) is 38.5 Å². The molecule has 0 spiro atoms. The van der Waals surface area contributed by atoms with Crippen molar-refractivity contribution in [2.24, 2.45) is 0 Å². The summed E-state index contributed by atoms with van der Waals surface area (Å²) in [5.41, 5.74) is 8.81. The zero-order chi connectivity index (χ0) is 19.7. The van der Waals surface area contributed by atoms with Crippen molar-refractivity contribution in [2.45, 2.75) is 20.8 Å². The van der Waals surface area contributed by atoms with E-state index in [1.165, 1.54) is 0 Å². The van der Waals surface area contributed by atoms with Gasteiger partial charge in [0.2, 0.25) is 11.9 Å². The minimum Gasteiger partial charge on any atom is -0.368 e. The van der Waals surface area contributed by atoms with Gasteiger partial charge in [0.25, 0.3) is 0 Å². The van der Waals surface area contributed by atoms with E-state index in [9.17, 15) is 5.26 Å². The Balaban J connectivity index is 2.09. The smallest absolute Gasteiger partial charge is 0.230 e. The lowest BCUT2D eigenvalue weighted by Crippen LogP contribution is -2.15. The Morgan fingerprint density at radius 2 is 1.96 bits per heavy atom. The van der Waals surface area contributed by atoms with Crippen molar-refractivity contribution in [3.63, 3.8) is 0 Å². The lowest BCUT2D eigenvalue weighted by molar-refractivity contribution is 0.394. The van der Waals surface area contributed by atoms with Crippen LogP contribution in [0, 0.1) is 32.1 Å². The Morgan fingerprint density at radius 1 is 1.22 bits per heavy atom. The van der Waals surface area contributed by atoms with Gasteiger partial charge in [-0.2, -0.15) is 20.2 Å². The molecular formula is C18H20N8O. The second-order valence-electron chi connectivity index (χ2n) is 6.34. The monoisotopic (exact) mass is 364 g/mol. The number of hydrogen-bond donors (Lipinski definition) is 1. The zero-order valence-electron chi connectivity index (χ0n) is 15.8. The van der Waals surface area contributed by atoms with Gasteiger partial charge in [-0.15, -0.1) is 0 Å². The molecule has 0 aliphatic carbocycles. The Bertz CT molecular complexity index is 1070. The summed E-state index contributed by atoms with van der Waals surface area (Å²) in [5, 5.41) is 13.7. The number of aromatic nitrogens is 5. The number of nitriles is 1. The number of rotatable bonds is 4. The normalized spacial score (nSPS) is 11.5. The van der Waals surface area contributed by atoms with Crippen LogP contribution in [0.5, 0.6) is 0 Å². The Morgan fingerprint density at radius 3 is 2.56 bits per heavy atom. The van der Waals surface area contributed by atoms with Crippen molar-refractivity contribution in [3.05, 3.63) is 40.7 Å². The van der Waals surface area contributed by atoms with Gasteiger partial charge in [-0.1, -0.05) is 5.16 Å². The molecule has 27 heavy (non-hydrogen) atoms. The van der Waals surface area contributed by atoms with Crippen LogP contribution in [0.15, 0.2) is 16.7 Å². The molecule has 0 saturated carbocycles. The van der Waals surface area contributed by atoms with Crippen molar-refractivity contribution >= 4 is 23.5 Å². The maximum atomic E-state index is 9.64. The molecule has 0 bridgehead atoms. The molecule has 0 fully saturated rings. The van der Waals surface area contributed by atoms with Gasteiger partial charge in [0.15, 0.2) is 11.6 Å². The van der Waals surface area contributed by atoms with E-state index in [1.807, 2.05) is 37.5 Å². The first kappa shape index (κ1) is 18.1. The summed E-state index contributed by atoms with van der Waals surface area (Å²) in [6.07, 6.45) is 1.74. The van der Waals surface area contributed by atoms with Crippen LogP contribution in [-0.2, 0) is 0 Å². The summed E-state index contributed by atoms with van der Waals surface area (Å²) in [6, 6.07) is 5.97. The molecule has 2 N–H and O–H groups in total. The predicted octanol–water partition coefficient (Wildman–Crippen LogP) is 2.29. The van der Waals surface area contributed by atoms with Crippen molar-refractivity contribution < 1.29 is 4.52 Å². The summed E-state index contributed by atoms with van der Waals surface area (Å²) in [5.74, 6) is 2.11. The van der Waals surface area contributed by atoms with Crippen LogP contribution >= 0.6 is 0 Å². The number of aryl methyl sites for hydroxylation is 2. The minimum atomic E-state index is 0.0633. The summed E-state index contributed by atoms with van der Waals surface area (Å²) in [6.45, 7) is 5.75. The number of nitrogens with two attached hydrogens (primary N) is 1. The highest BCUT2D eigenvalue weighted by Gasteiger charge is 2.15. The topological polar surface area (TPSA) is 123 Å². The molecule has 0 radical (unpaired) electrons. The molecule has 9 heteroatoms. The third-order valence-corrected chi connectivity index (χ3v) is 4.02. The van der Waals surface area contributed by atoms with E-state index in [-0.39, 0.29) is 11.8 Å². The molecule has 0 amide bonds. The minimum absolute atomic E-state index is 0.0633. The maximum absolute atomic E-state index is 9.64. The molecule has 9 nitrogen and oxygen atoms in total. The molecule has 0 aliphatic heterocycles. The number of nitrogen functional groups attached to an aromatic ring is 1. The van der Waals surface area contributed by atoms with E-state index in [0.29, 0.717) is 17.3 Å². The van der Waals surface area contributed by atoms with Crippen LogP contribution in [0.1, 0.15) is 28.5 Å². The first-order valence-corrected chi connectivity index (χ1v) is 8.24. The lowest BCUT2D eigenvalue weighted by atomic mass is 10.1. The van der Waals surface area contributed by atoms with Crippen molar-refractivity contribution in [1.82, 2.24) is 24.7 Å². The quantitative estimate of drug-likeness (QED) is 0.700. The van der Waals surface area contributed by atoms with Crippen LogP contribution in [0.4, 0.5) is 11.9 Å². The molecule has 0 aliphatic rings. The molecule has 0 saturated heterocycles. The number of anilines is 2. The molecule has 0 atom stereocenters. The van der Waals surface area contributed by atoms with Crippen molar-refractivity contribution in [2.75, 3.05) is 24.7 Å². The number of allylic oxidation sites excluding steroid dienone is 1. The maximum Gasteiger partial charge on any atom is 0.230 e. The lowest BCUT2D eigenvalue weighted by Gasteiger charge is -2.11. The van der Waals surface area contributed by atoms with E-state index in [1.54, 1.807) is 25.1 Å². The summed E-state index contributed by atoms with van der Waals surface area (Å²) >= 11 is 0. The Labute approximate surface area is 156 Å². The molecule has 3 aromatic rings. The second kappa shape index (κ2) is 6.92. The van der Waals surface area contributed by atoms with E-state index >= 15 is 0 Å². The highest BCUT2D eigenvalue weighted by Crippen LogP contribution is 2.24. The Hall–Kier alpha value is -3.67. The van der Waals surface area contributed by atoms with Crippen LogP contribution in [0.3, 0.4) is 0 Å². The predicted molar refractivity (Wildman–Crippen MR) is 102 cm³/mol. The molecular weight excluding hydrogens is 344 g/mol. The van der Waals surface area contributed by atoms with Crippen LogP contribution in [0.25, 0.3) is 17.5 Å². The van der Waals surface area contributed by atoms with E-state index in [2.05, 4.69) is 26.2 Å². The largest absolute Gasteiger partial charge is 0.368 e. The summed E-state index contributed by atoms with van der Waals surface area (Å²) in [4.78, 5) is 14.2. The van der Waals surface area contributed by atoms with Gasteiger partial charge < -0.3 is 15.2 Å². The molecule has 0 unspecified atom stereocenters. The highest BCUT2D eigenvalue weighted by molar-refractivity contribution is 5.88. The fourth-order valence-corrected chi connectivity index (χ4v) is 2.75. The van der Waals surface area contributed by atoms with Crippen molar-refractivity contribution in [3.8, 4) is 11.9 Å². The van der Waals surface area contributed by atoms with Gasteiger partial charge in [-0.3, -0.25) is 4.57 Å². The van der Waals surface area contributed by atoms with Gasteiger partial charge in [0, 0.05) is 31.5 Å². The van der Waals surface area contributed by atoms with Crippen LogP contribution in [0.2, 0.25) is 0 Å². The van der Waals surface area contributed by atoms with Crippen LogP contribution < -0.4 is 10.6 Å².